The normalized spacial score (nSPS) is 11.6. The maximum Gasteiger partial charge on any atom is 0.320 e. The molecule has 0 bridgehead atoms. The maximum absolute atomic E-state index is 12.2. The Morgan fingerprint density at radius 2 is 1.80 bits per heavy atom. The summed E-state index contributed by atoms with van der Waals surface area (Å²) in [6.45, 7) is 4.29. The second-order valence-electron chi connectivity index (χ2n) is 4.90. The smallest absolute Gasteiger partial charge is 0.320 e. The van der Waals surface area contributed by atoms with E-state index in [2.05, 4.69) is 5.32 Å². The Hall–Kier alpha value is -2.04. The summed E-state index contributed by atoms with van der Waals surface area (Å²) in [6.07, 6.45) is 0.808. The molecule has 0 unspecified atom stereocenters. The summed E-state index contributed by atoms with van der Waals surface area (Å²) < 4.78 is 0. The fraction of sp³-hybridized carbons (Fsp3) is 0.467. The van der Waals surface area contributed by atoms with Gasteiger partial charge >= 0.3 is 6.03 Å². The molecule has 1 atom stereocenters. The molecule has 0 fully saturated rings. The molecule has 5 heteroatoms. The number of benzene rings is 1. The number of carbonyl (C=O) groups excluding carboxylic acids is 2. The van der Waals surface area contributed by atoms with E-state index in [1.54, 1.807) is 25.9 Å². The van der Waals surface area contributed by atoms with Gasteiger partial charge in [0, 0.05) is 26.3 Å². The Morgan fingerprint density at radius 1 is 1.20 bits per heavy atom. The van der Waals surface area contributed by atoms with Gasteiger partial charge in [0.05, 0.1) is 0 Å². The minimum atomic E-state index is -0.509. The fourth-order valence-corrected chi connectivity index (χ4v) is 1.86. The molecule has 0 spiro atoms. The molecule has 110 valence electrons. The van der Waals surface area contributed by atoms with Crippen LogP contribution < -0.4 is 5.32 Å². The van der Waals surface area contributed by atoms with E-state index in [1.165, 1.54) is 4.90 Å². The van der Waals surface area contributed by atoms with Crippen LogP contribution in [0.3, 0.4) is 0 Å². The van der Waals surface area contributed by atoms with Crippen molar-refractivity contribution in [3.8, 4) is 0 Å². The molecule has 3 amide bonds. The average molecular weight is 277 g/mol. The van der Waals surface area contributed by atoms with Crippen LogP contribution in [0.4, 0.5) is 10.5 Å². The molecule has 1 N–H and O–H groups in total. The van der Waals surface area contributed by atoms with Gasteiger partial charge in [-0.3, -0.25) is 4.79 Å². The highest BCUT2D eigenvalue weighted by Gasteiger charge is 2.26. The van der Waals surface area contributed by atoms with E-state index < -0.39 is 6.04 Å². The minimum absolute atomic E-state index is 0.150. The van der Waals surface area contributed by atoms with E-state index in [1.807, 2.05) is 37.3 Å². The van der Waals surface area contributed by atoms with Gasteiger partial charge in [0.2, 0.25) is 5.91 Å². The van der Waals surface area contributed by atoms with E-state index >= 15 is 0 Å². The molecule has 0 aromatic heterocycles. The molecule has 1 aromatic carbocycles. The summed E-state index contributed by atoms with van der Waals surface area (Å²) in [5.74, 6) is -0.181. The maximum atomic E-state index is 12.2. The molecule has 0 heterocycles. The van der Waals surface area contributed by atoms with Gasteiger partial charge in [0.25, 0.3) is 0 Å². The van der Waals surface area contributed by atoms with Gasteiger partial charge in [-0.25, -0.2) is 4.79 Å². The van der Waals surface area contributed by atoms with Gasteiger partial charge in [-0.05, 0) is 25.5 Å². The number of nitrogens with one attached hydrogen (secondary N) is 1. The largest absolute Gasteiger partial charge is 0.331 e. The SMILES string of the molecule is CCCN(C(=O)N(C)C)[C@H](C)C(=O)Nc1ccccc1. The van der Waals surface area contributed by atoms with Crippen molar-refractivity contribution < 1.29 is 9.59 Å². The van der Waals surface area contributed by atoms with Gasteiger partial charge in [0.15, 0.2) is 0 Å². The topological polar surface area (TPSA) is 52.7 Å². The van der Waals surface area contributed by atoms with Gasteiger partial charge in [-0.2, -0.15) is 0 Å². The van der Waals surface area contributed by atoms with E-state index in [0.717, 1.165) is 12.1 Å². The van der Waals surface area contributed by atoms with Gasteiger partial charge in [-0.1, -0.05) is 25.1 Å². The molecule has 0 saturated heterocycles. The summed E-state index contributed by atoms with van der Waals surface area (Å²) in [4.78, 5) is 27.4. The monoisotopic (exact) mass is 277 g/mol. The van der Waals surface area contributed by atoms with Crippen LogP contribution in [0.2, 0.25) is 0 Å². The van der Waals surface area contributed by atoms with Crippen molar-refractivity contribution in [2.75, 3.05) is 26.0 Å². The fourth-order valence-electron chi connectivity index (χ4n) is 1.86. The second-order valence-corrected chi connectivity index (χ2v) is 4.90. The molecular formula is C15H23N3O2. The van der Waals surface area contributed by atoms with Crippen LogP contribution in [-0.4, -0.2) is 48.4 Å². The van der Waals surface area contributed by atoms with Crippen LogP contribution in [0, 0.1) is 0 Å². The number of hydrogen-bond acceptors (Lipinski definition) is 2. The Labute approximate surface area is 120 Å². The predicted molar refractivity (Wildman–Crippen MR) is 80.6 cm³/mol. The minimum Gasteiger partial charge on any atom is -0.331 e. The summed E-state index contributed by atoms with van der Waals surface area (Å²) in [7, 11) is 3.37. The van der Waals surface area contributed by atoms with Crippen molar-refractivity contribution in [3.05, 3.63) is 30.3 Å². The average Bonchev–Trinajstić information content (AvgIpc) is 2.44. The Kier molecular flexibility index (Phi) is 6.03. The molecule has 5 nitrogen and oxygen atoms in total. The van der Waals surface area contributed by atoms with Crippen LogP contribution in [0.25, 0.3) is 0 Å². The van der Waals surface area contributed by atoms with E-state index in [9.17, 15) is 9.59 Å². The first-order chi connectivity index (χ1) is 9.47. The quantitative estimate of drug-likeness (QED) is 0.898. The zero-order valence-electron chi connectivity index (χ0n) is 12.6. The van der Waals surface area contributed by atoms with Crippen LogP contribution in [0.5, 0.6) is 0 Å². The third-order valence-electron chi connectivity index (χ3n) is 2.98. The van der Waals surface area contributed by atoms with E-state index in [4.69, 9.17) is 0 Å². The number of para-hydroxylation sites is 1. The number of nitrogens with zero attached hydrogens (tertiary/aromatic N) is 2. The first-order valence-electron chi connectivity index (χ1n) is 6.81. The number of carbonyl (C=O) groups is 2. The van der Waals surface area contributed by atoms with Crippen molar-refractivity contribution in [2.24, 2.45) is 0 Å². The van der Waals surface area contributed by atoms with E-state index in [-0.39, 0.29) is 11.9 Å². The Bertz CT molecular complexity index is 446. The van der Waals surface area contributed by atoms with Crippen LogP contribution in [-0.2, 0) is 4.79 Å². The van der Waals surface area contributed by atoms with Gasteiger partial charge < -0.3 is 15.1 Å². The first-order valence-corrected chi connectivity index (χ1v) is 6.81. The van der Waals surface area contributed by atoms with Crippen LogP contribution >= 0.6 is 0 Å². The molecule has 0 saturated carbocycles. The molecular weight excluding hydrogens is 254 g/mol. The lowest BCUT2D eigenvalue weighted by Gasteiger charge is -2.30. The highest BCUT2D eigenvalue weighted by Crippen LogP contribution is 2.10. The lowest BCUT2D eigenvalue weighted by molar-refractivity contribution is -0.120. The second kappa shape index (κ2) is 7.53. The van der Waals surface area contributed by atoms with Crippen molar-refractivity contribution in [1.82, 2.24) is 9.80 Å². The van der Waals surface area contributed by atoms with Crippen LogP contribution in [0.15, 0.2) is 30.3 Å². The molecule has 0 aliphatic rings. The number of rotatable bonds is 5. The number of urea groups is 1. The highest BCUT2D eigenvalue weighted by molar-refractivity contribution is 5.96. The molecule has 1 aromatic rings. The molecule has 0 aliphatic carbocycles. The molecule has 0 radical (unpaired) electrons. The standard InChI is InChI=1S/C15H23N3O2/c1-5-11-18(15(20)17(3)4)12(2)14(19)16-13-9-7-6-8-10-13/h6-10,12H,5,11H2,1-4H3,(H,16,19)/t12-/m1/s1. The summed E-state index contributed by atoms with van der Waals surface area (Å²) in [5, 5.41) is 2.82. The number of hydrogen-bond donors (Lipinski definition) is 1. The first kappa shape index (κ1) is 16.0. The van der Waals surface area contributed by atoms with Crippen molar-refractivity contribution in [3.63, 3.8) is 0 Å². The lowest BCUT2D eigenvalue weighted by Crippen LogP contribution is -2.49. The summed E-state index contributed by atoms with van der Waals surface area (Å²) in [6, 6.07) is 8.58. The zero-order valence-corrected chi connectivity index (χ0v) is 12.6. The van der Waals surface area contributed by atoms with E-state index in [0.29, 0.717) is 6.54 Å². The summed E-state index contributed by atoms with van der Waals surface area (Å²) in [5.41, 5.74) is 0.734. The summed E-state index contributed by atoms with van der Waals surface area (Å²) >= 11 is 0. The molecule has 20 heavy (non-hydrogen) atoms. The van der Waals surface area contributed by atoms with Crippen LogP contribution in [0.1, 0.15) is 20.3 Å². The highest BCUT2D eigenvalue weighted by atomic mass is 16.2. The number of anilines is 1. The van der Waals surface area contributed by atoms with Crippen molar-refractivity contribution in [2.45, 2.75) is 26.3 Å². The van der Waals surface area contributed by atoms with Gasteiger partial charge in [-0.15, -0.1) is 0 Å². The van der Waals surface area contributed by atoms with Crippen molar-refractivity contribution >= 4 is 17.6 Å². The zero-order chi connectivity index (χ0) is 15.1. The predicted octanol–water partition coefficient (Wildman–Crippen LogP) is 2.41. The Morgan fingerprint density at radius 3 is 2.30 bits per heavy atom. The van der Waals surface area contributed by atoms with Crippen molar-refractivity contribution in [1.29, 1.82) is 0 Å². The lowest BCUT2D eigenvalue weighted by atomic mass is 10.2. The third kappa shape index (κ3) is 4.26. The number of amides is 3. The molecule has 1 rings (SSSR count). The Balaban J connectivity index is 2.76. The molecule has 0 aliphatic heterocycles. The third-order valence-corrected chi connectivity index (χ3v) is 2.98. The van der Waals surface area contributed by atoms with Gasteiger partial charge in [0.1, 0.15) is 6.04 Å².